The maximum atomic E-state index is 9.02. The van der Waals surface area contributed by atoms with E-state index in [1.54, 1.807) is 23.1 Å². The molecule has 70 valence electrons. The van der Waals surface area contributed by atoms with E-state index >= 15 is 0 Å². The van der Waals surface area contributed by atoms with Crippen LogP contribution in [-0.4, -0.2) is 6.26 Å². The minimum absolute atomic E-state index is 0.575. The van der Waals surface area contributed by atoms with Crippen molar-refractivity contribution >= 4 is 44.8 Å². The van der Waals surface area contributed by atoms with Gasteiger partial charge in [-0.2, -0.15) is 5.26 Å². The summed E-state index contributed by atoms with van der Waals surface area (Å²) >= 11 is 9.31. The van der Waals surface area contributed by atoms with Crippen LogP contribution in [0.25, 0.3) is 10.1 Å². The predicted octanol–water partition coefficient (Wildman–Crippen LogP) is 4.15. The summed E-state index contributed by atoms with van der Waals surface area (Å²) in [5.74, 6) is 0. The molecule has 0 unspecified atom stereocenters. The molecule has 14 heavy (non-hydrogen) atoms. The van der Waals surface area contributed by atoms with E-state index in [-0.39, 0.29) is 0 Å². The third-order valence-electron chi connectivity index (χ3n) is 1.99. The normalized spacial score (nSPS) is 10.4. The number of thioether (sulfide) groups is 1. The van der Waals surface area contributed by atoms with Crippen molar-refractivity contribution in [3.05, 3.63) is 28.1 Å². The summed E-state index contributed by atoms with van der Waals surface area (Å²) in [6.07, 6.45) is 1.96. The highest BCUT2D eigenvalue weighted by Crippen LogP contribution is 2.36. The number of hydrogen-bond acceptors (Lipinski definition) is 3. The second-order valence-electron chi connectivity index (χ2n) is 2.71. The van der Waals surface area contributed by atoms with Crippen LogP contribution < -0.4 is 0 Å². The lowest BCUT2D eigenvalue weighted by Crippen LogP contribution is -1.81. The Hall–Kier alpha value is -0.690. The molecule has 0 atom stereocenters. The lowest BCUT2D eigenvalue weighted by molar-refractivity contribution is 1.45. The predicted molar refractivity (Wildman–Crippen MR) is 63.3 cm³/mol. The molecule has 0 bridgehead atoms. The smallest absolute Gasteiger partial charge is 0.101 e. The van der Waals surface area contributed by atoms with E-state index in [4.69, 9.17) is 16.9 Å². The standard InChI is InChI=1S/C10H6ClNS2/c1-13-9-4-8-6(2-3-14-8)7(5-12)10(9)11/h2-4H,1H3. The largest absolute Gasteiger partial charge is 0.192 e. The summed E-state index contributed by atoms with van der Waals surface area (Å²) in [7, 11) is 0. The van der Waals surface area contributed by atoms with Gasteiger partial charge in [0.1, 0.15) is 6.07 Å². The van der Waals surface area contributed by atoms with Gasteiger partial charge in [-0.3, -0.25) is 0 Å². The quantitative estimate of drug-likeness (QED) is 0.698. The summed E-state index contributed by atoms with van der Waals surface area (Å²) < 4.78 is 1.12. The number of nitrogens with zero attached hydrogens (tertiary/aromatic N) is 1. The highest BCUT2D eigenvalue weighted by molar-refractivity contribution is 7.98. The van der Waals surface area contributed by atoms with Gasteiger partial charge in [-0.15, -0.1) is 23.1 Å². The molecule has 4 heteroatoms. The van der Waals surface area contributed by atoms with E-state index in [0.29, 0.717) is 10.6 Å². The molecule has 0 saturated carbocycles. The van der Waals surface area contributed by atoms with Gasteiger partial charge >= 0.3 is 0 Å². The molecule has 0 fully saturated rings. The fraction of sp³-hybridized carbons (Fsp3) is 0.100. The summed E-state index contributed by atoms with van der Waals surface area (Å²) in [6, 6.07) is 6.14. The molecule has 1 aromatic heterocycles. The van der Waals surface area contributed by atoms with Crippen LogP contribution in [0.3, 0.4) is 0 Å². The first-order chi connectivity index (χ1) is 6.77. The van der Waals surface area contributed by atoms with Crippen LogP contribution in [0.15, 0.2) is 22.4 Å². The first kappa shape index (κ1) is 9.85. The Balaban J connectivity index is 2.89. The summed E-state index contributed by atoms with van der Waals surface area (Å²) in [5, 5.41) is 12.5. The second kappa shape index (κ2) is 3.82. The van der Waals surface area contributed by atoms with Crippen LogP contribution >= 0.6 is 34.7 Å². The highest BCUT2D eigenvalue weighted by Gasteiger charge is 2.11. The van der Waals surface area contributed by atoms with Crippen molar-refractivity contribution in [1.29, 1.82) is 5.26 Å². The van der Waals surface area contributed by atoms with Crippen LogP contribution in [0.5, 0.6) is 0 Å². The average molecular weight is 240 g/mol. The molecular weight excluding hydrogens is 234 g/mol. The van der Waals surface area contributed by atoms with Crippen LogP contribution in [0, 0.1) is 11.3 Å². The molecule has 1 aromatic carbocycles. The minimum Gasteiger partial charge on any atom is -0.192 e. The number of thiophene rings is 1. The molecule has 0 N–H and O–H groups in total. The molecule has 1 nitrogen and oxygen atoms in total. The number of rotatable bonds is 1. The zero-order valence-corrected chi connectivity index (χ0v) is 9.76. The van der Waals surface area contributed by atoms with Gasteiger partial charge in [-0.1, -0.05) is 11.6 Å². The fourth-order valence-corrected chi connectivity index (χ4v) is 3.18. The van der Waals surface area contributed by atoms with E-state index in [1.807, 2.05) is 23.8 Å². The topological polar surface area (TPSA) is 23.8 Å². The molecule has 0 saturated heterocycles. The van der Waals surface area contributed by atoms with Crippen molar-refractivity contribution < 1.29 is 0 Å². The Bertz CT molecular complexity index is 525. The van der Waals surface area contributed by atoms with Crippen LogP contribution in [-0.2, 0) is 0 Å². The van der Waals surface area contributed by atoms with Crippen LogP contribution in [0.1, 0.15) is 5.56 Å². The summed E-state index contributed by atoms with van der Waals surface area (Å²) in [5.41, 5.74) is 0.592. The van der Waals surface area contributed by atoms with Crippen molar-refractivity contribution in [3.63, 3.8) is 0 Å². The van der Waals surface area contributed by atoms with Crippen molar-refractivity contribution in [3.8, 4) is 6.07 Å². The molecule has 1 heterocycles. The molecular formula is C10H6ClNS2. The van der Waals surface area contributed by atoms with Gasteiger partial charge in [0.2, 0.25) is 0 Å². The Labute approximate surface area is 95.3 Å². The molecule has 0 amide bonds. The number of nitriles is 1. The molecule has 2 rings (SSSR count). The average Bonchev–Trinajstić information content (AvgIpc) is 2.64. The van der Waals surface area contributed by atoms with Gasteiger partial charge in [-0.05, 0) is 23.8 Å². The Morgan fingerprint density at radius 1 is 1.57 bits per heavy atom. The molecule has 0 aliphatic carbocycles. The van der Waals surface area contributed by atoms with Gasteiger partial charge in [0.25, 0.3) is 0 Å². The lowest BCUT2D eigenvalue weighted by atomic mass is 10.1. The Kier molecular flexibility index (Phi) is 2.69. The van der Waals surface area contributed by atoms with Crippen LogP contribution in [0.4, 0.5) is 0 Å². The third-order valence-corrected chi connectivity index (χ3v) is 4.12. The molecule has 0 radical (unpaired) electrons. The Morgan fingerprint density at radius 2 is 2.36 bits per heavy atom. The first-order valence-electron chi connectivity index (χ1n) is 3.91. The monoisotopic (exact) mass is 239 g/mol. The molecule has 2 aromatic rings. The van der Waals surface area contributed by atoms with E-state index in [9.17, 15) is 0 Å². The Morgan fingerprint density at radius 3 is 3.00 bits per heavy atom. The van der Waals surface area contributed by atoms with E-state index in [0.717, 1.165) is 15.0 Å². The van der Waals surface area contributed by atoms with E-state index in [2.05, 4.69) is 6.07 Å². The third kappa shape index (κ3) is 1.40. The van der Waals surface area contributed by atoms with Gasteiger partial charge in [0, 0.05) is 15.0 Å². The number of benzene rings is 1. The van der Waals surface area contributed by atoms with E-state index in [1.165, 1.54) is 0 Å². The minimum atomic E-state index is 0.575. The van der Waals surface area contributed by atoms with Gasteiger partial charge in [-0.25, -0.2) is 0 Å². The van der Waals surface area contributed by atoms with Crippen molar-refractivity contribution in [2.45, 2.75) is 4.90 Å². The highest BCUT2D eigenvalue weighted by atomic mass is 35.5. The zero-order valence-electron chi connectivity index (χ0n) is 7.37. The number of hydrogen-bond donors (Lipinski definition) is 0. The maximum Gasteiger partial charge on any atom is 0.101 e. The van der Waals surface area contributed by atoms with E-state index < -0.39 is 0 Å². The molecule has 0 aliphatic heterocycles. The summed E-state index contributed by atoms with van der Waals surface area (Å²) in [4.78, 5) is 0.971. The van der Waals surface area contributed by atoms with Crippen molar-refractivity contribution in [1.82, 2.24) is 0 Å². The number of halogens is 1. The molecule has 0 spiro atoms. The van der Waals surface area contributed by atoms with Gasteiger partial charge in [0.15, 0.2) is 0 Å². The zero-order chi connectivity index (χ0) is 10.1. The number of fused-ring (bicyclic) bond motifs is 1. The van der Waals surface area contributed by atoms with Gasteiger partial charge < -0.3 is 0 Å². The van der Waals surface area contributed by atoms with Gasteiger partial charge in [0.05, 0.1) is 10.6 Å². The maximum absolute atomic E-state index is 9.02. The van der Waals surface area contributed by atoms with Crippen LogP contribution in [0.2, 0.25) is 5.02 Å². The van der Waals surface area contributed by atoms with Crippen molar-refractivity contribution in [2.75, 3.05) is 6.26 Å². The molecule has 0 aliphatic rings. The first-order valence-corrected chi connectivity index (χ1v) is 6.40. The SMILES string of the molecule is CSc1cc2sccc2c(C#N)c1Cl. The lowest BCUT2D eigenvalue weighted by Gasteiger charge is -2.03. The summed E-state index contributed by atoms with van der Waals surface area (Å²) in [6.45, 7) is 0. The fourth-order valence-electron chi connectivity index (χ4n) is 1.32. The second-order valence-corrected chi connectivity index (χ2v) is 4.89. The van der Waals surface area contributed by atoms with Crippen molar-refractivity contribution in [2.24, 2.45) is 0 Å².